The van der Waals surface area contributed by atoms with E-state index in [0.717, 1.165) is 55.5 Å². The summed E-state index contributed by atoms with van der Waals surface area (Å²) in [6.45, 7) is 18.2. The average Bonchev–Trinajstić information content (AvgIpc) is 2.90. The summed E-state index contributed by atoms with van der Waals surface area (Å²) in [6, 6.07) is 7.40. The van der Waals surface area contributed by atoms with Crippen molar-refractivity contribution in [2.75, 3.05) is 23.4 Å². The minimum atomic E-state index is 0.381. The highest BCUT2D eigenvalue weighted by Crippen LogP contribution is 2.33. The van der Waals surface area contributed by atoms with Gasteiger partial charge in [0.05, 0.1) is 36.1 Å². The summed E-state index contributed by atoms with van der Waals surface area (Å²) in [4.78, 5) is 22.0. The first-order valence-corrected chi connectivity index (χ1v) is 13.7. The van der Waals surface area contributed by atoms with Gasteiger partial charge in [0.15, 0.2) is 0 Å². The molecular formula is C29H50N4O2. The van der Waals surface area contributed by atoms with Crippen LogP contribution in [0.4, 0.5) is 17.1 Å². The molecule has 0 unspecified atom stereocenters. The zero-order valence-electron chi connectivity index (χ0n) is 23.6. The van der Waals surface area contributed by atoms with Gasteiger partial charge < -0.3 is 19.7 Å². The van der Waals surface area contributed by atoms with Gasteiger partial charge in [-0.05, 0) is 50.3 Å². The second kappa shape index (κ2) is 20.7. The Labute approximate surface area is 214 Å². The number of nitrogens with one attached hydrogen (secondary N) is 1. The maximum atomic E-state index is 10.9. The number of hydrogen-bond acceptors (Lipinski definition) is 6. The van der Waals surface area contributed by atoms with E-state index in [-0.39, 0.29) is 0 Å². The molecule has 1 aromatic carbocycles. The zero-order valence-corrected chi connectivity index (χ0v) is 23.6. The van der Waals surface area contributed by atoms with Crippen LogP contribution in [0.2, 0.25) is 0 Å². The summed E-state index contributed by atoms with van der Waals surface area (Å²) in [6.07, 6.45) is 11.5. The van der Waals surface area contributed by atoms with Crippen LogP contribution in [0, 0.1) is 0 Å². The minimum absolute atomic E-state index is 0.381. The van der Waals surface area contributed by atoms with Gasteiger partial charge in [0.1, 0.15) is 6.29 Å². The van der Waals surface area contributed by atoms with Crippen LogP contribution in [0.1, 0.15) is 99.5 Å². The Morgan fingerprint density at radius 2 is 1.60 bits per heavy atom. The van der Waals surface area contributed by atoms with E-state index in [1.165, 1.54) is 18.5 Å². The molecule has 6 heteroatoms. The molecule has 0 radical (unpaired) electrons. The molecule has 0 saturated heterocycles. The zero-order chi connectivity index (χ0) is 26.5. The summed E-state index contributed by atoms with van der Waals surface area (Å²) in [5.74, 6) is 0. The molecule has 0 bridgehead atoms. The normalized spacial score (nSPS) is 9.97. The van der Waals surface area contributed by atoms with E-state index in [2.05, 4.69) is 59.2 Å². The molecule has 0 aliphatic rings. The van der Waals surface area contributed by atoms with Crippen LogP contribution in [0.25, 0.3) is 0 Å². The van der Waals surface area contributed by atoms with Gasteiger partial charge in [-0.25, -0.2) is 9.97 Å². The van der Waals surface area contributed by atoms with Crippen LogP contribution >= 0.6 is 0 Å². The molecule has 35 heavy (non-hydrogen) atoms. The van der Waals surface area contributed by atoms with E-state index in [9.17, 15) is 4.79 Å². The minimum Gasteiger partial charge on any atom is -0.464 e. The molecule has 1 heterocycles. The SMILES string of the molecule is CC.CC.CCCC(CCC)N(CCC)c1ccc(CCC=O)cc1Nc1cnc(OCC)nc1. The van der Waals surface area contributed by atoms with E-state index in [1.807, 2.05) is 34.6 Å². The molecule has 0 aliphatic heterocycles. The van der Waals surface area contributed by atoms with Gasteiger partial charge in [-0.1, -0.05) is 67.4 Å². The van der Waals surface area contributed by atoms with Gasteiger partial charge in [-0.2, -0.15) is 0 Å². The van der Waals surface area contributed by atoms with Crippen molar-refractivity contribution in [3.8, 4) is 6.01 Å². The molecule has 0 fully saturated rings. The summed E-state index contributed by atoms with van der Waals surface area (Å²) in [5, 5.41) is 3.53. The number of hydrogen-bond donors (Lipinski definition) is 1. The molecule has 1 aromatic heterocycles. The van der Waals surface area contributed by atoms with Crippen molar-refractivity contribution in [3.05, 3.63) is 36.2 Å². The number of anilines is 3. The highest BCUT2D eigenvalue weighted by atomic mass is 16.5. The maximum absolute atomic E-state index is 10.9. The van der Waals surface area contributed by atoms with E-state index in [0.29, 0.717) is 25.1 Å². The molecule has 0 saturated carbocycles. The Kier molecular flexibility index (Phi) is 19.2. The second-order valence-corrected chi connectivity index (χ2v) is 7.79. The van der Waals surface area contributed by atoms with E-state index >= 15 is 0 Å². The Hall–Kier alpha value is -2.63. The fourth-order valence-electron chi connectivity index (χ4n) is 3.92. The Morgan fingerprint density at radius 3 is 2.11 bits per heavy atom. The van der Waals surface area contributed by atoms with Crippen molar-refractivity contribution in [1.82, 2.24) is 9.97 Å². The van der Waals surface area contributed by atoms with Crippen molar-refractivity contribution in [2.45, 2.75) is 106 Å². The highest BCUT2D eigenvalue weighted by molar-refractivity contribution is 5.76. The Morgan fingerprint density at radius 1 is 0.971 bits per heavy atom. The number of aryl methyl sites for hydroxylation is 1. The molecule has 0 aliphatic carbocycles. The van der Waals surface area contributed by atoms with Crippen LogP contribution in [0.5, 0.6) is 6.01 Å². The van der Waals surface area contributed by atoms with Crippen molar-refractivity contribution in [2.24, 2.45) is 0 Å². The molecule has 0 spiro atoms. The fraction of sp³-hybridized carbons (Fsp3) is 0.621. The topological polar surface area (TPSA) is 67.4 Å². The number of benzene rings is 1. The number of ether oxygens (including phenoxy) is 1. The lowest BCUT2D eigenvalue weighted by Crippen LogP contribution is -2.36. The van der Waals surface area contributed by atoms with E-state index < -0.39 is 0 Å². The molecule has 1 N–H and O–H groups in total. The lowest BCUT2D eigenvalue weighted by atomic mass is 10.0. The van der Waals surface area contributed by atoms with Gasteiger partial charge in [0, 0.05) is 19.0 Å². The van der Waals surface area contributed by atoms with Gasteiger partial charge in [-0.3, -0.25) is 0 Å². The first-order valence-electron chi connectivity index (χ1n) is 13.7. The summed E-state index contributed by atoms with van der Waals surface area (Å²) < 4.78 is 5.36. The van der Waals surface area contributed by atoms with Crippen molar-refractivity contribution < 1.29 is 9.53 Å². The Bertz CT molecular complexity index is 775. The average molecular weight is 487 g/mol. The van der Waals surface area contributed by atoms with Crippen LogP contribution in [-0.4, -0.2) is 35.4 Å². The Balaban J connectivity index is 0.00000274. The van der Waals surface area contributed by atoms with Gasteiger partial charge in [-0.15, -0.1) is 0 Å². The smallest absolute Gasteiger partial charge is 0.316 e. The van der Waals surface area contributed by atoms with Crippen molar-refractivity contribution in [1.29, 1.82) is 0 Å². The molecule has 0 atom stereocenters. The lowest BCUT2D eigenvalue weighted by Gasteiger charge is -2.35. The first-order chi connectivity index (χ1) is 17.2. The van der Waals surface area contributed by atoms with Crippen LogP contribution < -0.4 is 15.0 Å². The van der Waals surface area contributed by atoms with Gasteiger partial charge in [0.2, 0.25) is 0 Å². The molecule has 0 amide bonds. The van der Waals surface area contributed by atoms with Crippen LogP contribution in [0.15, 0.2) is 30.6 Å². The van der Waals surface area contributed by atoms with Gasteiger partial charge >= 0.3 is 6.01 Å². The third-order valence-electron chi connectivity index (χ3n) is 5.25. The number of rotatable bonds is 15. The summed E-state index contributed by atoms with van der Waals surface area (Å²) in [5.41, 5.74) is 4.18. The second-order valence-electron chi connectivity index (χ2n) is 7.79. The molecule has 2 aromatic rings. The fourth-order valence-corrected chi connectivity index (χ4v) is 3.92. The van der Waals surface area contributed by atoms with Crippen LogP contribution in [0.3, 0.4) is 0 Å². The molecular weight excluding hydrogens is 436 g/mol. The van der Waals surface area contributed by atoms with E-state index in [1.54, 1.807) is 12.4 Å². The van der Waals surface area contributed by atoms with Gasteiger partial charge in [0.25, 0.3) is 0 Å². The van der Waals surface area contributed by atoms with Crippen molar-refractivity contribution in [3.63, 3.8) is 0 Å². The summed E-state index contributed by atoms with van der Waals surface area (Å²) >= 11 is 0. The first kappa shape index (κ1) is 32.4. The lowest BCUT2D eigenvalue weighted by molar-refractivity contribution is -0.107. The van der Waals surface area contributed by atoms with Crippen LogP contribution in [-0.2, 0) is 11.2 Å². The largest absolute Gasteiger partial charge is 0.464 e. The monoisotopic (exact) mass is 486 g/mol. The third-order valence-corrected chi connectivity index (χ3v) is 5.25. The predicted molar refractivity (Wildman–Crippen MR) is 151 cm³/mol. The summed E-state index contributed by atoms with van der Waals surface area (Å²) in [7, 11) is 0. The standard InChI is InChI=1S/C25H38N4O2.2C2H6/c1-5-10-22(11-6-2)29(15-7-3)24-14-13-20(12-9-16-30)17-23(24)28-21-18-26-25(27-19-21)31-8-4;2*1-2/h13-14,16-19,22,28H,5-12,15H2,1-4H3;2*1-2H3. The predicted octanol–water partition coefficient (Wildman–Crippen LogP) is 7.99. The van der Waals surface area contributed by atoms with Crippen molar-refractivity contribution >= 4 is 23.3 Å². The molecule has 2 rings (SSSR count). The highest BCUT2D eigenvalue weighted by Gasteiger charge is 2.20. The number of aldehydes is 1. The third kappa shape index (κ3) is 11.6. The number of nitrogens with zero attached hydrogens (tertiary/aromatic N) is 3. The number of carbonyl (C=O) groups is 1. The number of aromatic nitrogens is 2. The molecule has 6 nitrogen and oxygen atoms in total. The number of carbonyl (C=O) groups excluding carboxylic acids is 1. The molecule has 198 valence electrons. The van der Waals surface area contributed by atoms with E-state index in [4.69, 9.17) is 4.74 Å². The maximum Gasteiger partial charge on any atom is 0.316 e. The quantitative estimate of drug-likeness (QED) is 0.257.